The van der Waals surface area contributed by atoms with Gasteiger partial charge in [0.1, 0.15) is 28.7 Å². The molecular formula is C22H16ClF2N3O. The van der Waals surface area contributed by atoms with Gasteiger partial charge in [0.05, 0.1) is 12.2 Å². The van der Waals surface area contributed by atoms with Crippen LogP contribution in [0.5, 0.6) is 5.75 Å². The summed E-state index contributed by atoms with van der Waals surface area (Å²) in [6.07, 6.45) is 2.70. The number of nitrogens with zero attached hydrogens (tertiary/aromatic N) is 2. The standard InChI is InChI=1S/C22H16ClF2N3O/c1-12-9-19(27-11-18(12)25)28-21(15-7-5-14(24)10-17(15)23)16-6-4-13-3-2-8-26-20(13)22(16)29/h2-11,21,29H,1H3,(H,27,28). The smallest absolute Gasteiger partial charge is 0.147 e. The van der Waals surface area contributed by atoms with E-state index in [2.05, 4.69) is 15.3 Å². The second kappa shape index (κ2) is 7.64. The minimum atomic E-state index is -0.674. The molecule has 0 spiro atoms. The minimum absolute atomic E-state index is 0.0279. The largest absolute Gasteiger partial charge is 0.505 e. The molecule has 0 aliphatic rings. The molecule has 0 amide bonds. The van der Waals surface area contributed by atoms with Gasteiger partial charge in [-0.2, -0.15) is 0 Å². The number of benzene rings is 2. The summed E-state index contributed by atoms with van der Waals surface area (Å²) in [5, 5.41) is 15.0. The first-order valence-electron chi connectivity index (χ1n) is 8.84. The molecule has 0 aliphatic heterocycles. The van der Waals surface area contributed by atoms with E-state index >= 15 is 0 Å². The van der Waals surface area contributed by atoms with Gasteiger partial charge in [-0.3, -0.25) is 4.98 Å². The number of phenols is 1. The molecule has 29 heavy (non-hydrogen) atoms. The highest BCUT2D eigenvalue weighted by Gasteiger charge is 2.23. The van der Waals surface area contributed by atoms with Gasteiger partial charge in [0, 0.05) is 22.2 Å². The van der Waals surface area contributed by atoms with Crippen molar-refractivity contribution in [1.82, 2.24) is 9.97 Å². The van der Waals surface area contributed by atoms with E-state index in [4.69, 9.17) is 11.6 Å². The van der Waals surface area contributed by atoms with E-state index in [9.17, 15) is 13.9 Å². The topological polar surface area (TPSA) is 58.0 Å². The molecular weight excluding hydrogens is 396 g/mol. The maximum atomic E-state index is 13.6. The molecule has 0 saturated heterocycles. The summed E-state index contributed by atoms with van der Waals surface area (Å²) < 4.78 is 27.2. The zero-order chi connectivity index (χ0) is 20.5. The fraction of sp³-hybridized carbons (Fsp3) is 0.0909. The van der Waals surface area contributed by atoms with Crippen molar-refractivity contribution in [3.63, 3.8) is 0 Å². The highest BCUT2D eigenvalue weighted by Crippen LogP contribution is 2.38. The molecule has 7 heteroatoms. The van der Waals surface area contributed by atoms with Gasteiger partial charge in [-0.1, -0.05) is 35.9 Å². The van der Waals surface area contributed by atoms with Gasteiger partial charge in [0.25, 0.3) is 0 Å². The van der Waals surface area contributed by atoms with E-state index in [0.29, 0.717) is 28.0 Å². The van der Waals surface area contributed by atoms with Crippen molar-refractivity contribution in [2.45, 2.75) is 13.0 Å². The van der Waals surface area contributed by atoms with Gasteiger partial charge >= 0.3 is 0 Å². The molecule has 2 aromatic carbocycles. The second-order valence-electron chi connectivity index (χ2n) is 6.64. The molecule has 0 saturated carbocycles. The Morgan fingerprint density at radius 2 is 1.83 bits per heavy atom. The predicted molar refractivity (Wildman–Crippen MR) is 109 cm³/mol. The molecule has 2 heterocycles. The number of pyridine rings is 2. The molecule has 4 rings (SSSR count). The van der Waals surface area contributed by atoms with Crippen LogP contribution in [0.15, 0.2) is 60.9 Å². The molecule has 0 aliphatic carbocycles. The van der Waals surface area contributed by atoms with Gasteiger partial charge in [-0.25, -0.2) is 13.8 Å². The highest BCUT2D eigenvalue weighted by atomic mass is 35.5. The molecule has 0 bridgehead atoms. The monoisotopic (exact) mass is 411 g/mol. The van der Waals surface area contributed by atoms with Crippen molar-refractivity contribution in [2.24, 2.45) is 0 Å². The lowest BCUT2D eigenvalue weighted by Gasteiger charge is -2.23. The average Bonchev–Trinajstić information content (AvgIpc) is 2.70. The molecule has 146 valence electrons. The summed E-state index contributed by atoms with van der Waals surface area (Å²) in [4.78, 5) is 8.32. The van der Waals surface area contributed by atoms with Crippen molar-refractivity contribution in [1.29, 1.82) is 0 Å². The third kappa shape index (κ3) is 3.71. The third-order valence-electron chi connectivity index (χ3n) is 4.70. The van der Waals surface area contributed by atoms with Gasteiger partial charge in [-0.15, -0.1) is 0 Å². The van der Waals surface area contributed by atoms with Crippen molar-refractivity contribution in [3.8, 4) is 5.75 Å². The first kappa shape index (κ1) is 19.1. The zero-order valence-corrected chi connectivity index (χ0v) is 16.1. The van der Waals surface area contributed by atoms with Crippen LogP contribution in [0.2, 0.25) is 5.02 Å². The molecule has 1 unspecified atom stereocenters. The lowest BCUT2D eigenvalue weighted by atomic mass is 9.96. The van der Waals surface area contributed by atoms with E-state index in [1.54, 1.807) is 31.3 Å². The maximum Gasteiger partial charge on any atom is 0.147 e. The summed E-state index contributed by atoms with van der Waals surface area (Å²) in [7, 11) is 0. The molecule has 1 atom stereocenters. The number of hydrogen-bond acceptors (Lipinski definition) is 4. The van der Waals surface area contributed by atoms with Crippen molar-refractivity contribution < 1.29 is 13.9 Å². The van der Waals surface area contributed by atoms with Crippen LogP contribution in [0.25, 0.3) is 10.9 Å². The van der Waals surface area contributed by atoms with Crippen LogP contribution >= 0.6 is 11.6 Å². The fourth-order valence-electron chi connectivity index (χ4n) is 3.20. The number of phenolic OH excluding ortho intramolecular Hbond substituents is 1. The van der Waals surface area contributed by atoms with Crippen molar-refractivity contribution in [3.05, 3.63) is 94.3 Å². The van der Waals surface area contributed by atoms with E-state index in [0.717, 1.165) is 11.6 Å². The SMILES string of the molecule is Cc1cc(NC(c2ccc(F)cc2Cl)c2ccc3cccnc3c2O)ncc1F. The van der Waals surface area contributed by atoms with Gasteiger partial charge in [-0.05, 0) is 42.3 Å². The number of aromatic hydroxyl groups is 1. The van der Waals surface area contributed by atoms with Gasteiger partial charge < -0.3 is 10.4 Å². The molecule has 4 aromatic rings. The number of fused-ring (bicyclic) bond motifs is 1. The highest BCUT2D eigenvalue weighted by molar-refractivity contribution is 6.31. The predicted octanol–water partition coefficient (Wildman–Crippen LogP) is 5.78. The summed E-state index contributed by atoms with van der Waals surface area (Å²) >= 11 is 6.31. The summed E-state index contributed by atoms with van der Waals surface area (Å²) in [6, 6.07) is 12.1. The van der Waals surface area contributed by atoms with E-state index in [1.807, 2.05) is 12.1 Å². The van der Waals surface area contributed by atoms with Crippen LogP contribution in [0.3, 0.4) is 0 Å². The van der Waals surface area contributed by atoms with Crippen LogP contribution < -0.4 is 5.32 Å². The maximum absolute atomic E-state index is 13.6. The van der Waals surface area contributed by atoms with Crippen LogP contribution in [-0.4, -0.2) is 15.1 Å². The zero-order valence-electron chi connectivity index (χ0n) is 15.3. The Morgan fingerprint density at radius 3 is 2.59 bits per heavy atom. The van der Waals surface area contributed by atoms with Gasteiger partial charge in [0.15, 0.2) is 0 Å². The normalized spacial score (nSPS) is 12.1. The van der Waals surface area contributed by atoms with E-state index in [-0.39, 0.29) is 10.8 Å². The van der Waals surface area contributed by atoms with Crippen molar-refractivity contribution >= 4 is 28.3 Å². The number of aromatic nitrogens is 2. The number of halogens is 3. The Balaban J connectivity index is 1.88. The molecule has 2 N–H and O–H groups in total. The average molecular weight is 412 g/mol. The summed E-state index contributed by atoms with van der Waals surface area (Å²) in [5.41, 5.74) is 1.85. The Hall–Kier alpha value is -3.25. The molecule has 4 nitrogen and oxygen atoms in total. The van der Waals surface area contributed by atoms with Crippen LogP contribution in [0, 0.1) is 18.6 Å². The Morgan fingerprint density at radius 1 is 1.03 bits per heavy atom. The Labute approximate surface area is 170 Å². The molecule has 2 aromatic heterocycles. The quantitative estimate of drug-likeness (QED) is 0.447. The van der Waals surface area contributed by atoms with E-state index < -0.39 is 17.7 Å². The fourth-order valence-corrected chi connectivity index (χ4v) is 3.48. The summed E-state index contributed by atoms with van der Waals surface area (Å²) in [6.45, 7) is 1.62. The number of nitrogens with one attached hydrogen (secondary N) is 1. The lowest BCUT2D eigenvalue weighted by Crippen LogP contribution is -2.15. The first-order valence-corrected chi connectivity index (χ1v) is 9.22. The number of anilines is 1. The second-order valence-corrected chi connectivity index (χ2v) is 7.05. The molecule has 0 fully saturated rings. The van der Waals surface area contributed by atoms with Gasteiger partial charge in [0.2, 0.25) is 0 Å². The molecule has 0 radical (unpaired) electrons. The minimum Gasteiger partial charge on any atom is -0.505 e. The van der Waals surface area contributed by atoms with Crippen LogP contribution in [-0.2, 0) is 0 Å². The van der Waals surface area contributed by atoms with Crippen molar-refractivity contribution in [2.75, 3.05) is 5.32 Å². The number of hydrogen-bond donors (Lipinski definition) is 2. The van der Waals surface area contributed by atoms with Crippen LogP contribution in [0.1, 0.15) is 22.7 Å². The lowest BCUT2D eigenvalue weighted by molar-refractivity contribution is 0.471. The first-order chi connectivity index (χ1) is 13.9. The third-order valence-corrected chi connectivity index (χ3v) is 5.03. The number of aryl methyl sites for hydroxylation is 1. The Kier molecular flexibility index (Phi) is 5.03. The summed E-state index contributed by atoms with van der Waals surface area (Å²) in [5.74, 6) is -0.544. The van der Waals surface area contributed by atoms with Crippen LogP contribution in [0.4, 0.5) is 14.6 Å². The Bertz CT molecular complexity index is 1220. The number of rotatable bonds is 4. The van der Waals surface area contributed by atoms with E-state index in [1.165, 1.54) is 18.2 Å².